The van der Waals surface area contributed by atoms with Crippen LogP contribution in [0, 0.1) is 5.82 Å². The van der Waals surface area contributed by atoms with E-state index in [-0.39, 0.29) is 24.2 Å². The first-order valence-electron chi connectivity index (χ1n) is 9.15. The molecule has 1 aliphatic rings. The molecule has 1 fully saturated rings. The molecule has 7 heteroatoms. The molecule has 27 heavy (non-hydrogen) atoms. The van der Waals surface area contributed by atoms with Crippen LogP contribution in [0.25, 0.3) is 0 Å². The number of nitrogens with zero attached hydrogens (tertiary/aromatic N) is 1. The van der Waals surface area contributed by atoms with Crippen molar-refractivity contribution in [1.82, 2.24) is 4.90 Å². The van der Waals surface area contributed by atoms with Gasteiger partial charge in [-0.05, 0) is 36.3 Å². The van der Waals surface area contributed by atoms with Gasteiger partial charge in [0, 0.05) is 31.6 Å². The van der Waals surface area contributed by atoms with E-state index >= 15 is 0 Å². The van der Waals surface area contributed by atoms with Crippen LogP contribution in [0.15, 0.2) is 36.4 Å². The summed E-state index contributed by atoms with van der Waals surface area (Å²) in [7, 11) is 0. The zero-order valence-corrected chi connectivity index (χ0v) is 16.0. The molecule has 0 spiro atoms. The van der Waals surface area contributed by atoms with Crippen molar-refractivity contribution in [3.63, 3.8) is 0 Å². The molecule has 0 bridgehead atoms. The number of carbonyl (C=O) groups excluding carboxylic acids is 1. The van der Waals surface area contributed by atoms with E-state index in [0.717, 1.165) is 23.5 Å². The molecule has 1 amide bonds. The van der Waals surface area contributed by atoms with Gasteiger partial charge in [0.15, 0.2) is 0 Å². The largest absolute Gasteiger partial charge is 0.481 e. The minimum Gasteiger partial charge on any atom is -0.481 e. The van der Waals surface area contributed by atoms with Crippen molar-refractivity contribution in [2.24, 2.45) is 0 Å². The Labute approximate surface area is 163 Å². The molecular weight excluding hydrogens is 369 g/mol. The maximum atomic E-state index is 13.2. The van der Waals surface area contributed by atoms with Crippen molar-refractivity contribution in [3.05, 3.63) is 47.8 Å². The summed E-state index contributed by atoms with van der Waals surface area (Å²) in [6, 6.07) is 6.14. The van der Waals surface area contributed by atoms with Crippen LogP contribution in [0.2, 0.25) is 0 Å². The van der Waals surface area contributed by atoms with Gasteiger partial charge in [-0.3, -0.25) is 9.59 Å². The molecule has 1 aromatic rings. The van der Waals surface area contributed by atoms with Crippen LogP contribution in [0.5, 0.6) is 0 Å². The summed E-state index contributed by atoms with van der Waals surface area (Å²) in [4.78, 5) is 24.4. The minimum absolute atomic E-state index is 0.0284. The van der Waals surface area contributed by atoms with Crippen molar-refractivity contribution >= 4 is 23.6 Å². The van der Waals surface area contributed by atoms with Crippen LogP contribution in [0.4, 0.5) is 4.39 Å². The lowest BCUT2D eigenvalue weighted by molar-refractivity contribution is -0.137. The lowest BCUT2D eigenvalue weighted by Crippen LogP contribution is -2.34. The molecule has 0 unspecified atom stereocenters. The Kier molecular flexibility index (Phi) is 8.81. The van der Waals surface area contributed by atoms with E-state index < -0.39 is 12.1 Å². The van der Waals surface area contributed by atoms with Crippen molar-refractivity contribution < 1.29 is 24.2 Å². The number of likely N-dealkylation sites (tertiary alicyclic amines) is 1. The highest BCUT2D eigenvalue weighted by Gasteiger charge is 2.28. The fraction of sp³-hybridized carbons (Fsp3) is 0.500. The molecular formula is C20H26FNO4S. The SMILES string of the molecule is O=C(O)CCCSCCN1C(=O)CC[C@@H]1C=C[C@@H](O)Cc1cccc(F)c1. The van der Waals surface area contributed by atoms with E-state index in [1.165, 1.54) is 12.1 Å². The Balaban J connectivity index is 1.77. The highest BCUT2D eigenvalue weighted by molar-refractivity contribution is 7.99. The van der Waals surface area contributed by atoms with Crippen molar-refractivity contribution in [1.29, 1.82) is 0 Å². The molecule has 0 aromatic heterocycles. The lowest BCUT2D eigenvalue weighted by Gasteiger charge is -2.22. The van der Waals surface area contributed by atoms with Gasteiger partial charge in [-0.2, -0.15) is 11.8 Å². The number of rotatable bonds is 11. The predicted octanol–water partition coefficient (Wildman–Crippen LogP) is 2.87. The number of aliphatic carboxylic acids is 1. The topological polar surface area (TPSA) is 77.8 Å². The first kappa shape index (κ1) is 21.4. The zero-order valence-electron chi connectivity index (χ0n) is 15.2. The molecule has 1 aromatic carbocycles. The highest BCUT2D eigenvalue weighted by Crippen LogP contribution is 2.21. The molecule has 0 aliphatic carbocycles. The van der Waals surface area contributed by atoms with Crippen LogP contribution >= 0.6 is 11.8 Å². The van der Waals surface area contributed by atoms with E-state index in [2.05, 4.69) is 0 Å². The van der Waals surface area contributed by atoms with Gasteiger partial charge in [0.1, 0.15) is 5.82 Å². The van der Waals surface area contributed by atoms with Gasteiger partial charge in [0.05, 0.1) is 12.1 Å². The summed E-state index contributed by atoms with van der Waals surface area (Å²) in [5.74, 6) is 0.530. The van der Waals surface area contributed by atoms with Gasteiger partial charge in [-0.1, -0.05) is 24.3 Å². The van der Waals surface area contributed by atoms with Crippen LogP contribution in [-0.4, -0.2) is 57.2 Å². The third-order valence-electron chi connectivity index (χ3n) is 4.42. The van der Waals surface area contributed by atoms with Crippen LogP contribution < -0.4 is 0 Å². The molecule has 148 valence electrons. The molecule has 1 aliphatic heterocycles. The number of amides is 1. The number of aliphatic hydroxyl groups excluding tert-OH is 1. The molecule has 5 nitrogen and oxygen atoms in total. The van der Waals surface area contributed by atoms with Crippen molar-refractivity contribution in [2.75, 3.05) is 18.1 Å². The Morgan fingerprint density at radius 2 is 2.22 bits per heavy atom. The number of carboxylic acid groups (broad SMARTS) is 1. The summed E-state index contributed by atoms with van der Waals surface area (Å²) in [5, 5.41) is 18.8. The van der Waals surface area contributed by atoms with Crippen molar-refractivity contribution in [2.45, 2.75) is 44.2 Å². The molecule has 2 N–H and O–H groups in total. The Bertz CT molecular complexity index is 667. The summed E-state index contributed by atoms with van der Waals surface area (Å²) >= 11 is 1.65. The number of benzene rings is 1. The van der Waals surface area contributed by atoms with Crippen LogP contribution in [0.3, 0.4) is 0 Å². The number of aliphatic hydroxyl groups is 1. The molecule has 1 heterocycles. The lowest BCUT2D eigenvalue weighted by atomic mass is 10.1. The van der Waals surface area contributed by atoms with Gasteiger partial charge in [0.25, 0.3) is 0 Å². The minimum atomic E-state index is -0.785. The normalized spacial score (nSPS) is 18.4. The van der Waals surface area contributed by atoms with Gasteiger partial charge in [0.2, 0.25) is 5.91 Å². The van der Waals surface area contributed by atoms with E-state index in [4.69, 9.17) is 5.11 Å². The number of thioether (sulfide) groups is 1. The maximum absolute atomic E-state index is 13.2. The number of hydrogen-bond donors (Lipinski definition) is 2. The summed E-state index contributed by atoms with van der Waals surface area (Å²) in [6.45, 7) is 0.617. The predicted molar refractivity (Wildman–Crippen MR) is 104 cm³/mol. The summed E-state index contributed by atoms with van der Waals surface area (Å²) in [6.07, 6.45) is 5.17. The second kappa shape index (κ2) is 11.1. The van der Waals surface area contributed by atoms with Gasteiger partial charge in [-0.15, -0.1) is 0 Å². The molecule has 0 radical (unpaired) electrons. The molecule has 2 atom stereocenters. The Morgan fingerprint density at radius 3 is 2.96 bits per heavy atom. The Hall–Kier alpha value is -1.86. The summed E-state index contributed by atoms with van der Waals surface area (Å²) in [5.41, 5.74) is 0.726. The monoisotopic (exact) mass is 395 g/mol. The second-order valence-electron chi connectivity index (χ2n) is 6.59. The fourth-order valence-corrected chi connectivity index (χ4v) is 3.95. The van der Waals surface area contributed by atoms with E-state index in [9.17, 15) is 19.1 Å². The third kappa shape index (κ3) is 7.72. The maximum Gasteiger partial charge on any atom is 0.303 e. The van der Waals surface area contributed by atoms with E-state index in [1.807, 2.05) is 11.0 Å². The zero-order chi connectivity index (χ0) is 19.6. The molecule has 1 saturated heterocycles. The fourth-order valence-electron chi connectivity index (χ4n) is 3.07. The van der Waals surface area contributed by atoms with Gasteiger partial charge in [-0.25, -0.2) is 4.39 Å². The number of halogens is 1. The quantitative estimate of drug-likeness (QED) is 0.445. The smallest absolute Gasteiger partial charge is 0.303 e. The van der Waals surface area contributed by atoms with Crippen LogP contribution in [-0.2, 0) is 16.0 Å². The van der Waals surface area contributed by atoms with Crippen molar-refractivity contribution in [3.8, 4) is 0 Å². The second-order valence-corrected chi connectivity index (χ2v) is 7.81. The molecule has 2 rings (SSSR count). The summed E-state index contributed by atoms with van der Waals surface area (Å²) < 4.78 is 13.2. The highest BCUT2D eigenvalue weighted by atomic mass is 32.2. The number of carboxylic acids is 1. The number of carbonyl (C=O) groups is 2. The number of hydrogen-bond acceptors (Lipinski definition) is 4. The van der Waals surface area contributed by atoms with E-state index in [1.54, 1.807) is 30.0 Å². The average Bonchev–Trinajstić information content (AvgIpc) is 2.96. The standard InChI is InChI=1S/C20H26FNO4S/c21-16-4-1-3-15(13-16)14-18(23)8-6-17-7-9-19(24)22(17)10-12-27-11-2-5-20(25)26/h1,3-4,6,8,13,17-18,23H,2,5,7,9-12,14H2,(H,25,26)/t17-,18+/m0/s1. The van der Waals surface area contributed by atoms with E-state index in [0.29, 0.717) is 25.8 Å². The van der Waals surface area contributed by atoms with Gasteiger partial charge >= 0.3 is 5.97 Å². The molecule has 0 saturated carbocycles. The third-order valence-corrected chi connectivity index (χ3v) is 5.47. The van der Waals surface area contributed by atoms with Crippen LogP contribution in [0.1, 0.15) is 31.2 Å². The average molecular weight is 395 g/mol. The van der Waals surface area contributed by atoms with Gasteiger partial charge < -0.3 is 15.1 Å². The first-order valence-corrected chi connectivity index (χ1v) is 10.3. The Morgan fingerprint density at radius 1 is 1.41 bits per heavy atom. The first-order chi connectivity index (χ1) is 13.0.